The average molecular weight is 438 g/mol. The summed E-state index contributed by atoms with van der Waals surface area (Å²) in [5, 5.41) is 0. The van der Waals surface area contributed by atoms with Gasteiger partial charge in [0.15, 0.2) is 0 Å². The van der Waals surface area contributed by atoms with E-state index < -0.39 is 24.4 Å². The van der Waals surface area contributed by atoms with Crippen molar-refractivity contribution >= 4 is 0 Å². The zero-order valence-electron chi connectivity index (χ0n) is 16.4. The van der Waals surface area contributed by atoms with E-state index in [0.29, 0.717) is 22.6 Å². The van der Waals surface area contributed by atoms with Crippen molar-refractivity contribution in [1.29, 1.82) is 0 Å². The van der Waals surface area contributed by atoms with Gasteiger partial charge in [0.1, 0.15) is 23.6 Å². The summed E-state index contributed by atoms with van der Waals surface area (Å²) in [4.78, 5) is 0. The zero-order valence-corrected chi connectivity index (χ0v) is 16.4. The molecule has 0 radical (unpaired) electrons. The van der Waals surface area contributed by atoms with Crippen molar-refractivity contribution in [1.82, 2.24) is 0 Å². The molecule has 168 valence electrons. The lowest BCUT2D eigenvalue weighted by atomic mass is 10.1. The minimum Gasteiger partial charge on any atom is -0.497 e. The van der Waals surface area contributed by atoms with Crippen molar-refractivity contribution in [2.24, 2.45) is 11.5 Å². The van der Waals surface area contributed by atoms with Gasteiger partial charge < -0.3 is 20.9 Å². The highest BCUT2D eigenvalue weighted by atomic mass is 19.4. The summed E-state index contributed by atoms with van der Waals surface area (Å²) in [5.74, 6) is 1.14. The van der Waals surface area contributed by atoms with Gasteiger partial charge in [0.25, 0.3) is 0 Å². The quantitative estimate of drug-likeness (QED) is 0.662. The topological polar surface area (TPSA) is 70.5 Å². The van der Waals surface area contributed by atoms with E-state index in [0.717, 1.165) is 0 Å². The summed E-state index contributed by atoms with van der Waals surface area (Å²) < 4.78 is 82.7. The third kappa shape index (κ3) is 8.91. The van der Waals surface area contributed by atoms with Gasteiger partial charge in [-0.3, -0.25) is 0 Å². The average Bonchev–Trinajstić information content (AvgIpc) is 2.67. The first-order valence-corrected chi connectivity index (χ1v) is 8.77. The highest BCUT2D eigenvalue weighted by Crippen LogP contribution is 2.23. The summed E-state index contributed by atoms with van der Waals surface area (Å²) in [6.45, 7) is 0. The Morgan fingerprint density at radius 2 is 1.17 bits per heavy atom. The molecule has 0 unspecified atom stereocenters. The number of hydrogen-bond acceptors (Lipinski definition) is 4. The number of methoxy groups -OCH3 is 2. The Labute approximate surface area is 170 Å². The molecule has 2 aromatic carbocycles. The molecule has 0 aliphatic heterocycles. The van der Waals surface area contributed by atoms with Crippen molar-refractivity contribution in [2.75, 3.05) is 14.2 Å². The molecule has 2 atom stereocenters. The molecule has 30 heavy (non-hydrogen) atoms. The number of benzene rings is 2. The smallest absolute Gasteiger partial charge is 0.403 e. The Morgan fingerprint density at radius 1 is 0.700 bits per heavy atom. The molecule has 4 nitrogen and oxygen atoms in total. The van der Waals surface area contributed by atoms with Crippen LogP contribution in [0, 0.1) is 0 Å². The van der Waals surface area contributed by atoms with E-state index in [2.05, 4.69) is 0 Å². The number of ether oxygens (including phenoxy) is 2. The van der Waals surface area contributed by atoms with Crippen LogP contribution in [0.1, 0.15) is 11.1 Å². The van der Waals surface area contributed by atoms with E-state index in [1.807, 2.05) is 0 Å². The Morgan fingerprint density at radius 3 is 1.60 bits per heavy atom. The van der Waals surface area contributed by atoms with E-state index in [4.69, 9.17) is 20.9 Å². The van der Waals surface area contributed by atoms with Crippen molar-refractivity contribution in [2.45, 2.75) is 37.3 Å². The second-order valence-electron chi connectivity index (χ2n) is 6.40. The summed E-state index contributed by atoms with van der Waals surface area (Å²) in [6, 6.07) is 9.17. The number of hydrogen-bond donors (Lipinski definition) is 2. The van der Waals surface area contributed by atoms with E-state index in [1.165, 1.54) is 14.2 Å². The molecule has 0 bridgehead atoms. The van der Waals surface area contributed by atoms with Gasteiger partial charge in [-0.1, -0.05) is 24.3 Å². The maximum absolute atomic E-state index is 12.2. The molecule has 0 spiro atoms. The third-order valence-corrected chi connectivity index (χ3v) is 4.05. The van der Waals surface area contributed by atoms with Gasteiger partial charge in [0.05, 0.1) is 14.2 Å². The van der Waals surface area contributed by atoms with Gasteiger partial charge in [-0.15, -0.1) is 0 Å². The molecule has 0 aliphatic rings. The molecular weight excluding hydrogens is 414 g/mol. The molecule has 10 heteroatoms. The van der Waals surface area contributed by atoms with E-state index in [9.17, 15) is 26.3 Å². The second-order valence-corrected chi connectivity index (χ2v) is 6.40. The SMILES string of the molecule is COc1ccc(C[C@H](N)C(F)(F)F)cc1.COc1cccc(C[C@H](N)C(F)(F)F)c1. The normalized spacial score (nSPS) is 13.7. The van der Waals surface area contributed by atoms with Crippen LogP contribution in [-0.4, -0.2) is 38.7 Å². The maximum Gasteiger partial charge on any atom is 0.403 e. The van der Waals surface area contributed by atoms with Crippen LogP contribution in [0.3, 0.4) is 0 Å². The van der Waals surface area contributed by atoms with Gasteiger partial charge >= 0.3 is 12.4 Å². The Bertz CT molecular complexity index is 763. The van der Waals surface area contributed by atoms with Crippen molar-refractivity contribution in [3.05, 3.63) is 59.7 Å². The standard InChI is InChI=1S/2C10H12F3NO/c1-15-8-4-2-7(3-5-8)6-9(14)10(11,12)13;1-15-8-4-2-3-7(5-8)6-9(14)10(11,12)13/h2*2-5,9H,6,14H2,1H3/t2*9-/m00/s1. The Hall–Kier alpha value is -2.46. The number of alkyl halides is 6. The molecule has 4 N–H and O–H groups in total. The highest BCUT2D eigenvalue weighted by molar-refractivity contribution is 5.29. The van der Waals surface area contributed by atoms with Gasteiger partial charge in [-0.2, -0.15) is 26.3 Å². The minimum atomic E-state index is -4.36. The number of nitrogens with two attached hydrogens (primary N) is 2. The van der Waals surface area contributed by atoms with Crippen LogP contribution in [0.15, 0.2) is 48.5 Å². The third-order valence-electron chi connectivity index (χ3n) is 4.05. The first-order chi connectivity index (χ1) is 13.9. The summed E-state index contributed by atoms with van der Waals surface area (Å²) in [5.41, 5.74) is 11.1. The van der Waals surface area contributed by atoms with Gasteiger partial charge in [-0.25, -0.2) is 0 Å². The molecule has 2 rings (SSSR count). The van der Waals surface area contributed by atoms with Crippen LogP contribution < -0.4 is 20.9 Å². The Kier molecular flexibility index (Phi) is 9.44. The lowest BCUT2D eigenvalue weighted by molar-refractivity contribution is -0.147. The second kappa shape index (κ2) is 11.1. The van der Waals surface area contributed by atoms with Crippen LogP contribution in [0.5, 0.6) is 11.5 Å². The molecule has 0 fully saturated rings. The number of halogens is 6. The molecular formula is C20H24F6N2O2. The largest absolute Gasteiger partial charge is 0.497 e. The monoisotopic (exact) mass is 438 g/mol. The lowest BCUT2D eigenvalue weighted by Gasteiger charge is -2.15. The van der Waals surface area contributed by atoms with Crippen molar-refractivity contribution < 1.29 is 35.8 Å². The Balaban J connectivity index is 0.000000300. The summed E-state index contributed by atoms with van der Waals surface area (Å²) in [7, 11) is 2.96. The van der Waals surface area contributed by atoms with Crippen LogP contribution in [0.4, 0.5) is 26.3 Å². The predicted molar refractivity (Wildman–Crippen MR) is 101 cm³/mol. The van der Waals surface area contributed by atoms with Crippen LogP contribution in [-0.2, 0) is 12.8 Å². The molecule has 0 saturated heterocycles. The maximum atomic E-state index is 12.2. The fraction of sp³-hybridized carbons (Fsp3) is 0.400. The molecule has 0 aromatic heterocycles. The van der Waals surface area contributed by atoms with E-state index in [1.54, 1.807) is 48.5 Å². The molecule has 2 aromatic rings. The van der Waals surface area contributed by atoms with Crippen molar-refractivity contribution in [3.8, 4) is 11.5 Å². The van der Waals surface area contributed by atoms with E-state index in [-0.39, 0.29) is 12.8 Å². The van der Waals surface area contributed by atoms with Crippen LogP contribution in [0.2, 0.25) is 0 Å². The minimum absolute atomic E-state index is 0.215. The lowest BCUT2D eigenvalue weighted by Crippen LogP contribution is -2.39. The summed E-state index contributed by atoms with van der Waals surface area (Å²) >= 11 is 0. The van der Waals surface area contributed by atoms with Gasteiger partial charge in [-0.05, 0) is 48.2 Å². The van der Waals surface area contributed by atoms with E-state index >= 15 is 0 Å². The van der Waals surface area contributed by atoms with Gasteiger partial charge in [0.2, 0.25) is 0 Å². The highest BCUT2D eigenvalue weighted by Gasteiger charge is 2.37. The van der Waals surface area contributed by atoms with Crippen LogP contribution in [0.25, 0.3) is 0 Å². The first-order valence-electron chi connectivity index (χ1n) is 8.77. The van der Waals surface area contributed by atoms with Crippen molar-refractivity contribution in [3.63, 3.8) is 0 Å². The molecule has 0 aliphatic carbocycles. The first kappa shape index (κ1) is 25.6. The fourth-order valence-electron chi connectivity index (χ4n) is 2.30. The predicted octanol–water partition coefficient (Wildman–Crippen LogP) is 4.25. The molecule has 0 saturated carbocycles. The van der Waals surface area contributed by atoms with Crippen LogP contribution >= 0.6 is 0 Å². The number of rotatable bonds is 6. The van der Waals surface area contributed by atoms with Gasteiger partial charge in [0, 0.05) is 0 Å². The fourth-order valence-corrected chi connectivity index (χ4v) is 2.30. The molecule has 0 heterocycles. The zero-order chi connectivity index (χ0) is 22.9. The molecule has 0 amide bonds. The summed E-state index contributed by atoms with van der Waals surface area (Å²) in [6.07, 6.45) is -9.16.